The summed E-state index contributed by atoms with van der Waals surface area (Å²) in [5.74, 6) is -0.272. The lowest BCUT2D eigenvalue weighted by Crippen LogP contribution is -2.07. The molecule has 0 bridgehead atoms. The molecule has 0 atom stereocenters. The van der Waals surface area contributed by atoms with Crippen molar-refractivity contribution in [1.29, 1.82) is 0 Å². The minimum Gasteiger partial charge on any atom is -0.469 e. The summed E-state index contributed by atoms with van der Waals surface area (Å²) in [7, 11) is 1.35. The van der Waals surface area contributed by atoms with E-state index in [1.54, 1.807) is 18.2 Å². The van der Waals surface area contributed by atoms with E-state index in [-0.39, 0.29) is 18.2 Å². The van der Waals surface area contributed by atoms with Crippen LogP contribution in [-0.2, 0) is 16.0 Å². The van der Waals surface area contributed by atoms with Crippen LogP contribution in [0.2, 0.25) is 0 Å². The van der Waals surface area contributed by atoms with Gasteiger partial charge in [0.1, 0.15) is 0 Å². The number of hydrogen-bond acceptors (Lipinski definition) is 3. The van der Waals surface area contributed by atoms with Crippen LogP contribution in [0.1, 0.15) is 22.3 Å². The van der Waals surface area contributed by atoms with Gasteiger partial charge in [0.15, 0.2) is 5.78 Å². The summed E-state index contributed by atoms with van der Waals surface area (Å²) in [5, 5.41) is 0.625. The number of hydrogen-bond donors (Lipinski definition) is 0. The summed E-state index contributed by atoms with van der Waals surface area (Å²) in [5.41, 5.74) is 1.38. The fraction of sp³-hybridized carbons (Fsp3) is 0.333. The first-order valence-electron chi connectivity index (χ1n) is 5.03. The van der Waals surface area contributed by atoms with Crippen LogP contribution in [0.5, 0.6) is 0 Å². The summed E-state index contributed by atoms with van der Waals surface area (Å²) >= 11 is 6.56. The van der Waals surface area contributed by atoms with Gasteiger partial charge in [0.25, 0.3) is 0 Å². The molecular formula is C12H12Br2O3. The molecule has 0 fully saturated rings. The van der Waals surface area contributed by atoms with Gasteiger partial charge >= 0.3 is 5.97 Å². The topological polar surface area (TPSA) is 43.4 Å². The van der Waals surface area contributed by atoms with Gasteiger partial charge in [0, 0.05) is 21.8 Å². The molecule has 0 aliphatic rings. The van der Waals surface area contributed by atoms with Crippen molar-refractivity contribution in [2.24, 2.45) is 0 Å². The van der Waals surface area contributed by atoms with Crippen LogP contribution in [0.4, 0.5) is 0 Å². The number of ketones is 1. The van der Waals surface area contributed by atoms with Gasteiger partial charge in [-0.25, -0.2) is 0 Å². The molecule has 0 radical (unpaired) electrons. The molecule has 0 aliphatic heterocycles. The van der Waals surface area contributed by atoms with E-state index in [1.165, 1.54) is 7.11 Å². The molecule has 92 valence electrons. The van der Waals surface area contributed by atoms with E-state index in [0.717, 1.165) is 10.0 Å². The van der Waals surface area contributed by atoms with E-state index in [4.69, 9.17) is 0 Å². The molecular weight excluding hydrogens is 352 g/mol. The summed E-state index contributed by atoms with van der Waals surface area (Å²) in [6.45, 7) is 0. The molecule has 0 N–H and O–H groups in total. The Morgan fingerprint density at radius 3 is 2.65 bits per heavy atom. The van der Waals surface area contributed by atoms with Crippen LogP contribution >= 0.6 is 31.9 Å². The van der Waals surface area contributed by atoms with Crippen LogP contribution < -0.4 is 0 Å². The predicted molar refractivity (Wildman–Crippen MR) is 72.6 cm³/mol. The van der Waals surface area contributed by atoms with Gasteiger partial charge in [-0.15, -0.1) is 0 Å². The van der Waals surface area contributed by atoms with Crippen molar-refractivity contribution in [3.63, 3.8) is 0 Å². The number of carbonyl (C=O) groups is 2. The van der Waals surface area contributed by atoms with Crippen LogP contribution in [0.15, 0.2) is 22.7 Å². The van der Waals surface area contributed by atoms with E-state index < -0.39 is 0 Å². The summed E-state index contributed by atoms with van der Waals surface area (Å²) < 4.78 is 5.34. The highest BCUT2D eigenvalue weighted by atomic mass is 79.9. The van der Waals surface area contributed by atoms with E-state index in [2.05, 4.69) is 36.6 Å². The van der Waals surface area contributed by atoms with E-state index >= 15 is 0 Å². The zero-order chi connectivity index (χ0) is 12.8. The number of benzene rings is 1. The lowest BCUT2D eigenvalue weighted by atomic mass is 10.0. The highest BCUT2D eigenvalue weighted by Crippen LogP contribution is 2.20. The molecule has 0 spiro atoms. The Labute approximate surface area is 117 Å². The number of rotatable bonds is 5. The normalized spacial score (nSPS) is 10.1. The first kappa shape index (κ1) is 14.4. The Kier molecular flexibility index (Phi) is 5.85. The maximum Gasteiger partial charge on any atom is 0.309 e. The lowest BCUT2D eigenvalue weighted by molar-refractivity contribution is -0.139. The van der Waals surface area contributed by atoms with Crippen molar-refractivity contribution < 1.29 is 14.3 Å². The fourth-order valence-electron chi connectivity index (χ4n) is 1.36. The quantitative estimate of drug-likeness (QED) is 0.458. The molecule has 1 rings (SSSR count). The monoisotopic (exact) mass is 362 g/mol. The average Bonchev–Trinajstić information content (AvgIpc) is 2.31. The standard InChI is InChI=1S/C12H12Br2O3/c1-17-12(16)7-8-2-3-10(14)9(6-8)11(15)4-5-13/h2-3,6H,4-5,7H2,1H3. The van der Waals surface area contributed by atoms with Crippen LogP contribution in [0.25, 0.3) is 0 Å². The first-order chi connectivity index (χ1) is 8.08. The highest BCUT2D eigenvalue weighted by molar-refractivity contribution is 9.10. The molecule has 1 aromatic rings. The molecule has 0 saturated carbocycles. The molecule has 0 aliphatic carbocycles. The minimum absolute atomic E-state index is 0.0421. The average molecular weight is 364 g/mol. The lowest BCUT2D eigenvalue weighted by Gasteiger charge is -2.06. The predicted octanol–water partition coefficient (Wildman–Crippen LogP) is 3.13. The molecule has 0 amide bonds. The van der Waals surface area contributed by atoms with Crippen molar-refractivity contribution in [3.05, 3.63) is 33.8 Å². The molecule has 0 saturated heterocycles. The Hall–Kier alpha value is -0.680. The van der Waals surface area contributed by atoms with Crippen LogP contribution in [0.3, 0.4) is 0 Å². The third-order valence-electron chi connectivity index (χ3n) is 2.23. The van der Waals surface area contributed by atoms with Gasteiger partial charge in [0.05, 0.1) is 13.5 Å². The van der Waals surface area contributed by atoms with Crippen LogP contribution in [0, 0.1) is 0 Å². The molecule has 17 heavy (non-hydrogen) atoms. The van der Waals surface area contributed by atoms with Crippen LogP contribution in [-0.4, -0.2) is 24.2 Å². The molecule has 0 heterocycles. The molecule has 3 nitrogen and oxygen atoms in total. The van der Waals surface area contributed by atoms with Crippen molar-refractivity contribution in [2.45, 2.75) is 12.8 Å². The highest BCUT2D eigenvalue weighted by Gasteiger charge is 2.11. The molecule has 0 unspecified atom stereocenters. The number of ether oxygens (including phenoxy) is 1. The SMILES string of the molecule is COC(=O)Cc1ccc(Br)c(C(=O)CCBr)c1. The number of Topliss-reactive ketones (excluding diaryl/α,β-unsaturated/α-hetero) is 1. The largest absolute Gasteiger partial charge is 0.469 e. The van der Waals surface area contributed by atoms with Crippen molar-refractivity contribution >= 4 is 43.6 Å². The number of carbonyl (C=O) groups excluding carboxylic acids is 2. The van der Waals surface area contributed by atoms with Gasteiger partial charge in [-0.3, -0.25) is 9.59 Å². The summed E-state index contributed by atoms with van der Waals surface area (Å²) in [6.07, 6.45) is 0.610. The Morgan fingerprint density at radius 2 is 2.06 bits per heavy atom. The summed E-state index contributed by atoms with van der Waals surface area (Å²) in [4.78, 5) is 22.9. The number of esters is 1. The Balaban J connectivity index is 2.94. The van der Waals surface area contributed by atoms with Crippen molar-refractivity contribution in [3.8, 4) is 0 Å². The smallest absolute Gasteiger partial charge is 0.309 e. The van der Waals surface area contributed by atoms with Gasteiger partial charge in [0.2, 0.25) is 0 Å². The third-order valence-corrected chi connectivity index (χ3v) is 3.32. The van der Waals surface area contributed by atoms with Crippen molar-refractivity contribution in [1.82, 2.24) is 0 Å². The number of halogens is 2. The number of methoxy groups -OCH3 is 1. The van der Waals surface area contributed by atoms with Gasteiger partial charge in [-0.2, -0.15) is 0 Å². The van der Waals surface area contributed by atoms with E-state index in [1.807, 2.05) is 0 Å². The Morgan fingerprint density at radius 1 is 1.35 bits per heavy atom. The second kappa shape index (κ2) is 6.91. The zero-order valence-electron chi connectivity index (χ0n) is 9.33. The summed E-state index contributed by atoms with van der Waals surface area (Å²) in [6, 6.07) is 5.30. The second-order valence-electron chi connectivity index (χ2n) is 3.43. The van der Waals surface area contributed by atoms with Crippen molar-refractivity contribution in [2.75, 3.05) is 12.4 Å². The zero-order valence-corrected chi connectivity index (χ0v) is 12.5. The maximum absolute atomic E-state index is 11.8. The first-order valence-corrected chi connectivity index (χ1v) is 6.94. The molecule has 5 heteroatoms. The molecule has 0 aromatic heterocycles. The van der Waals surface area contributed by atoms with E-state index in [9.17, 15) is 9.59 Å². The van der Waals surface area contributed by atoms with Gasteiger partial charge in [-0.05, 0) is 17.7 Å². The fourth-order valence-corrected chi connectivity index (χ4v) is 2.18. The minimum atomic E-state index is -0.314. The maximum atomic E-state index is 11.8. The third kappa shape index (κ3) is 4.24. The van der Waals surface area contributed by atoms with E-state index in [0.29, 0.717) is 17.3 Å². The van der Waals surface area contributed by atoms with Gasteiger partial charge < -0.3 is 4.74 Å². The second-order valence-corrected chi connectivity index (χ2v) is 5.08. The number of alkyl halides is 1. The molecule has 1 aromatic carbocycles. The van der Waals surface area contributed by atoms with Gasteiger partial charge in [-0.1, -0.05) is 37.9 Å². The Bertz CT molecular complexity index is 430.